The van der Waals surface area contributed by atoms with Gasteiger partial charge in [0.25, 0.3) is 0 Å². The van der Waals surface area contributed by atoms with Gasteiger partial charge in [0.05, 0.1) is 7.11 Å². The minimum absolute atomic E-state index is 0.781. The van der Waals surface area contributed by atoms with Crippen LogP contribution < -0.4 is 10.1 Å². The van der Waals surface area contributed by atoms with E-state index in [1.54, 1.807) is 18.4 Å². The van der Waals surface area contributed by atoms with Crippen molar-refractivity contribution in [2.24, 2.45) is 0 Å². The van der Waals surface area contributed by atoms with Crippen molar-refractivity contribution < 1.29 is 4.74 Å². The summed E-state index contributed by atoms with van der Waals surface area (Å²) in [4.78, 5) is 0. The molecule has 0 spiro atoms. The Bertz CT molecular complexity index is 513. The lowest BCUT2D eigenvalue weighted by Gasteiger charge is -2.05. The van der Waals surface area contributed by atoms with Crippen LogP contribution in [0.2, 0.25) is 0 Å². The summed E-state index contributed by atoms with van der Waals surface area (Å²) >= 11 is 1.68. The Morgan fingerprint density at radius 3 is 2.79 bits per heavy atom. The van der Waals surface area contributed by atoms with E-state index < -0.39 is 0 Å². The van der Waals surface area contributed by atoms with Gasteiger partial charge in [-0.25, -0.2) is 0 Å². The number of nitrogens with zero attached hydrogens (tertiary/aromatic N) is 2. The summed E-state index contributed by atoms with van der Waals surface area (Å²) in [6.45, 7) is 4.06. The molecule has 0 amide bonds. The first-order valence-corrected chi connectivity index (χ1v) is 7.29. The highest BCUT2D eigenvalue weighted by molar-refractivity contribution is 7.11. The van der Waals surface area contributed by atoms with Crippen LogP contribution in [0.4, 0.5) is 0 Å². The second-order valence-electron chi connectivity index (χ2n) is 4.18. The van der Waals surface area contributed by atoms with Gasteiger partial charge in [-0.05, 0) is 12.6 Å². The summed E-state index contributed by atoms with van der Waals surface area (Å²) in [5.74, 6) is 0.909. The number of para-hydroxylation sites is 1. The van der Waals surface area contributed by atoms with Crippen LogP contribution in [-0.4, -0.2) is 30.4 Å². The first-order valence-electron chi connectivity index (χ1n) is 6.47. The van der Waals surface area contributed by atoms with Crippen molar-refractivity contribution in [3.8, 4) is 5.75 Å². The van der Waals surface area contributed by atoms with Crippen molar-refractivity contribution in [2.45, 2.75) is 19.8 Å². The molecular formula is C14H19N3OS. The quantitative estimate of drug-likeness (QED) is 0.789. The molecule has 0 saturated carbocycles. The van der Waals surface area contributed by atoms with Crippen LogP contribution in [0.1, 0.15) is 22.5 Å². The Morgan fingerprint density at radius 2 is 2.00 bits per heavy atom. The molecule has 4 nitrogen and oxygen atoms in total. The molecular weight excluding hydrogens is 258 g/mol. The predicted molar refractivity (Wildman–Crippen MR) is 78.0 cm³/mol. The zero-order chi connectivity index (χ0) is 13.5. The van der Waals surface area contributed by atoms with Crippen LogP contribution in [0.15, 0.2) is 24.3 Å². The molecule has 0 bridgehead atoms. The topological polar surface area (TPSA) is 47.0 Å². The largest absolute Gasteiger partial charge is 0.496 e. The van der Waals surface area contributed by atoms with Crippen LogP contribution in [0, 0.1) is 0 Å². The molecule has 0 fully saturated rings. The summed E-state index contributed by atoms with van der Waals surface area (Å²) in [6, 6.07) is 8.04. The van der Waals surface area contributed by atoms with Gasteiger partial charge in [-0.2, -0.15) is 0 Å². The Morgan fingerprint density at radius 1 is 1.21 bits per heavy atom. The molecule has 2 rings (SSSR count). The van der Waals surface area contributed by atoms with E-state index in [1.807, 2.05) is 18.2 Å². The number of hydrogen-bond acceptors (Lipinski definition) is 5. The molecule has 0 aliphatic carbocycles. The second-order valence-corrected chi connectivity index (χ2v) is 5.33. The highest BCUT2D eigenvalue weighted by Crippen LogP contribution is 2.22. The zero-order valence-electron chi connectivity index (χ0n) is 11.3. The average Bonchev–Trinajstić information content (AvgIpc) is 2.87. The molecule has 1 aromatic carbocycles. The Balaban J connectivity index is 1.99. The third-order valence-electron chi connectivity index (χ3n) is 2.81. The van der Waals surface area contributed by atoms with E-state index in [-0.39, 0.29) is 0 Å². The van der Waals surface area contributed by atoms with E-state index in [2.05, 4.69) is 28.5 Å². The van der Waals surface area contributed by atoms with Gasteiger partial charge < -0.3 is 10.1 Å². The Hall–Kier alpha value is -1.46. The minimum atomic E-state index is 0.781. The van der Waals surface area contributed by atoms with E-state index in [4.69, 9.17) is 4.74 Å². The first kappa shape index (κ1) is 14.0. The van der Waals surface area contributed by atoms with E-state index in [9.17, 15) is 0 Å². The number of methoxy groups -OCH3 is 1. The Labute approximate surface area is 117 Å². The summed E-state index contributed by atoms with van der Waals surface area (Å²) in [6.07, 6.45) is 1.72. The zero-order valence-corrected chi connectivity index (χ0v) is 12.2. The molecule has 102 valence electrons. The summed E-state index contributed by atoms with van der Waals surface area (Å²) in [7, 11) is 1.70. The lowest BCUT2D eigenvalue weighted by atomic mass is 10.1. The third kappa shape index (κ3) is 4.01. The monoisotopic (exact) mass is 277 g/mol. The van der Waals surface area contributed by atoms with Gasteiger partial charge in [-0.15, -0.1) is 21.5 Å². The molecule has 0 radical (unpaired) electrons. The van der Waals surface area contributed by atoms with Crippen molar-refractivity contribution in [1.82, 2.24) is 15.5 Å². The van der Waals surface area contributed by atoms with Crippen LogP contribution in [-0.2, 0) is 12.8 Å². The normalized spacial score (nSPS) is 10.6. The van der Waals surface area contributed by atoms with Crippen LogP contribution >= 0.6 is 11.3 Å². The number of hydrogen-bond donors (Lipinski definition) is 1. The lowest BCUT2D eigenvalue weighted by Crippen LogP contribution is -2.15. The minimum Gasteiger partial charge on any atom is -0.496 e. The number of rotatable bonds is 7. The van der Waals surface area contributed by atoms with Gasteiger partial charge in [0.2, 0.25) is 0 Å². The average molecular weight is 277 g/mol. The molecule has 5 heteroatoms. The molecule has 0 aliphatic rings. The predicted octanol–water partition coefficient (Wildman–Crippen LogP) is 2.29. The summed E-state index contributed by atoms with van der Waals surface area (Å²) in [5.41, 5.74) is 1.15. The summed E-state index contributed by atoms with van der Waals surface area (Å²) < 4.78 is 5.35. The van der Waals surface area contributed by atoms with Crippen molar-refractivity contribution >= 4 is 11.3 Å². The smallest absolute Gasteiger partial charge is 0.122 e. The summed E-state index contributed by atoms with van der Waals surface area (Å²) in [5, 5.41) is 13.9. The fraction of sp³-hybridized carbons (Fsp3) is 0.429. The molecule has 0 unspecified atom stereocenters. The fourth-order valence-electron chi connectivity index (χ4n) is 1.84. The molecule has 2 aromatic rings. The van der Waals surface area contributed by atoms with Gasteiger partial charge >= 0.3 is 0 Å². The highest BCUT2D eigenvalue weighted by atomic mass is 32.1. The highest BCUT2D eigenvalue weighted by Gasteiger charge is 2.08. The van der Waals surface area contributed by atoms with Gasteiger partial charge in [0.15, 0.2) is 0 Å². The number of ether oxygens (including phenoxy) is 1. The molecule has 1 aromatic heterocycles. The van der Waals surface area contributed by atoms with E-state index >= 15 is 0 Å². The maximum Gasteiger partial charge on any atom is 0.122 e. The number of nitrogens with one attached hydrogen (secondary N) is 1. The van der Waals surface area contributed by atoms with Gasteiger partial charge in [-0.1, -0.05) is 25.1 Å². The number of aromatic nitrogens is 2. The molecule has 1 heterocycles. The molecule has 0 atom stereocenters. The van der Waals surface area contributed by atoms with Crippen molar-refractivity contribution in [3.05, 3.63) is 39.8 Å². The SMILES string of the molecule is CCNCCc1nnc(Cc2ccccc2OC)s1. The van der Waals surface area contributed by atoms with Crippen LogP contribution in [0.3, 0.4) is 0 Å². The van der Waals surface area contributed by atoms with Crippen molar-refractivity contribution in [1.29, 1.82) is 0 Å². The lowest BCUT2D eigenvalue weighted by molar-refractivity contribution is 0.410. The van der Waals surface area contributed by atoms with E-state index in [0.29, 0.717) is 0 Å². The number of likely N-dealkylation sites (N-methyl/N-ethyl adjacent to an activating group) is 1. The van der Waals surface area contributed by atoms with Gasteiger partial charge in [0, 0.05) is 24.9 Å². The molecule has 0 saturated heterocycles. The molecule has 1 N–H and O–H groups in total. The van der Waals surface area contributed by atoms with Gasteiger partial charge in [0.1, 0.15) is 15.8 Å². The van der Waals surface area contributed by atoms with E-state index in [1.165, 1.54) is 0 Å². The van der Waals surface area contributed by atoms with Gasteiger partial charge in [-0.3, -0.25) is 0 Å². The van der Waals surface area contributed by atoms with Crippen LogP contribution in [0.25, 0.3) is 0 Å². The fourth-order valence-corrected chi connectivity index (χ4v) is 2.71. The third-order valence-corrected chi connectivity index (χ3v) is 3.79. The molecule has 19 heavy (non-hydrogen) atoms. The Kier molecular flexibility index (Phi) is 5.30. The van der Waals surface area contributed by atoms with Crippen molar-refractivity contribution in [3.63, 3.8) is 0 Å². The van der Waals surface area contributed by atoms with E-state index in [0.717, 1.165) is 47.3 Å². The molecule has 0 aliphatic heterocycles. The number of benzene rings is 1. The van der Waals surface area contributed by atoms with Crippen LogP contribution in [0.5, 0.6) is 5.75 Å². The standard InChI is InChI=1S/C14H19N3OS/c1-3-15-9-8-13-16-17-14(19-13)10-11-6-4-5-7-12(11)18-2/h4-7,15H,3,8-10H2,1-2H3. The maximum atomic E-state index is 5.35. The van der Waals surface area contributed by atoms with Crippen molar-refractivity contribution in [2.75, 3.05) is 20.2 Å². The maximum absolute atomic E-state index is 5.35. The second kappa shape index (κ2) is 7.21. The first-order chi connectivity index (χ1) is 9.33.